The maximum atomic E-state index is 11.9. The lowest BCUT2D eigenvalue weighted by Gasteiger charge is -2.23. The van der Waals surface area contributed by atoms with Crippen LogP contribution in [0, 0.1) is 0 Å². The van der Waals surface area contributed by atoms with E-state index in [2.05, 4.69) is 44.0 Å². The highest BCUT2D eigenvalue weighted by atomic mass is 79.9. The lowest BCUT2D eigenvalue weighted by Crippen LogP contribution is -2.32. The van der Waals surface area contributed by atoms with Gasteiger partial charge < -0.3 is 35.2 Å². The molecule has 0 aromatic carbocycles. The van der Waals surface area contributed by atoms with Crippen molar-refractivity contribution < 1.29 is 56.3 Å². The molecule has 1 fully saturated rings. The minimum absolute atomic E-state index is 0.0398. The van der Waals surface area contributed by atoms with Crippen molar-refractivity contribution in [3.63, 3.8) is 0 Å². The van der Waals surface area contributed by atoms with E-state index in [0.29, 0.717) is 5.65 Å². The summed E-state index contributed by atoms with van der Waals surface area (Å²) in [4.78, 5) is 47.7. The molecule has 1 saturated heterocycles. The van der Waals surface area contributed by atoms with Crippen molar-refractivity contribution in [1.29, 1.82) is 0 Å². The predicted molar refractivity (Wildman–Crippen MR) is 102 cm³/mol. The van der Waals surface area contributed by atoms with Gasteiger partial charge in [-0.15, -0.1) is 0 Å². The summed E-state index contributed by atoms with van der Waals surface area (Å²) >= 11 is 2.85. The second-order valence-electron chi connectivity index (χ2n) is 5.99. The normalized spacial score (nSPS) is 27.1. The molecule has 3 unspecified atom stereocenters. The highest BCUT2D eigenvalue weighted by Gasteiger charge is 2.46. The molecule has 0 radical (unpaired) electrons. The molecule has 6 atom stereocenters. The van der Waals surface area contributed by atoms with Gasteiger partial charge in [0.2, 0.25) is 0 Å². The van der Waals surface area contributed by atoms with E-state index in [9.17, 15) is 28.6 Å². The van der Waals surface area contributed by atoms with E-state index in [-0.39, 0.29) is 17.8 Å². The van der Waals surface area contributed by atoms with Crippen LogP contribution < -0.4 is 5.73 Å². The number of nitrogens with two attached hydrogens (primary N) is 1. The van der Waals surface area contributed by atoms with Crippen LogP contribution >= 0.6 is 39.4 Å². The number of hydrogen-bond acceptors (Lipinski definition) is 12. The number of nitrogens with zero attached hydrogens (tertiary/aromatic N) is 4. The molecular formula is C10H15BrN5O12P3. The van der Waals surface area contributed by atoms with E-state index in [0.717, 1.165) is 0 Å². The molecule has 31 heavy (non-hydrogen) atoms. The molecule has 3 heterocycles. The van der Waals surface area contributed by atoms with Crippen molar-refractivity contribution in [2.75, 3.05) is 5.73 Å². The Morgan fingerprint density at radius 1 is 1.16 bits per heavy atom. The predicted octanol–water partition coefficient (Wildman–Crippen LogP) is 0.121. The number of nitrogen functional groups attached to an aromatic ring is 1. The first kappa shape index (κ1) is 24.8. The second kappa shape index (κ2) is 8.83. The molecule has 174 valence electrons. The Hall–Kier alpha value is -0.840. The van der Waals surface area contributed by atoms with Crippen molar-refractivity contribution in [2.24, 2.45) is 0 Å². The quantitative estimate of drug-likeness (QED) is 0.182. The Kier molecular flexibility index (Phi) is 7.07. The molecule has 2 aromatic rings. The first-order valence-electron chi connectivity index (χ1n) is 7.90. The summed E-state index contributed by atoms with van der Waals surface area (Å²) in [5.41, 5.74) is 6.29. The fourth-order valence-corrected chi connectivity index (χ4v) is 6.80. The smallest absolute Gasteiger partial charge is 0.390 e. The maximum absolute atomic E-state index is 11.9. The number of hydrogen-bond donors (Lipinski definition) is 6. The largest absolute Gasteiger partial charge is 0.490 e. The summed E-state index contributed by atoms with van der Waals surface area (Å²) < 4.78 is 52.9. The third kappa shape index (κ3) is 6.15. The number of ether oxygens (including phenoxy) is 1. The molecule has 0 amide bonds. The number of phosphoric acid groups is 3. The number of aromatic nitrogens is 4. The Morgan fingerprint density at radius 2 is 1.84 bits per heavy atom. The van der Waals surface area contributed by atoms with Crippen molar-refractivity contribution >= 4 is 56.4 Å². The molecule has 0 saturated carbocycles. The van der Waals surface area contributed by atoms with Gasteiger partial charge in [0.25, 0.3) is 0 Å². The molecule has 21 heteroatoms. The van der Waals surface area contributed by atoms with Crippen molar-refractivity contribution in [3.8, 4) is 0 Å². The van der Waals surface area contributed by atoms with Gasteiger partial charge in [0.05, 0.1) is 12.4 Å². The number of phosphoric ester groups is 1. The summed E-state index contributed by atoms with van der Waals surface area (Å²) in [5.74, 6) is 0.116. The molecule has 7 N–H and O–H groups in total. The topological polar surface area (TPSA) is 259 Å². The number of aliphatic hydroxyl groups excluding tert-OH is 1. The van der Waals surface area contributed by atoms with E-state index >= 15 is 0 Å². The van der Waals surface area contributed by atoms with Crippen molar-refractivity contribution in [3.05, 3.63) is 12.7 Å². The van der Waals surface area contributed by atoms with Crippen LogP contribution in [-0.4, -0.2) is 61.4 Å². The summed E-state index contributed by atoms with van der Waals surface area (Å²) in [6, 6.07) is 0. The van der Waals surface area contributed by atoms with E-state index in [1.165, 1.54) is 17.2 Å². The van der Waals surface area contributed by atoms with Gasteiger partial charge in [-0.25, -0.2) is 28.6 Å². The summed E-state index contributed by atoms with van der Waals surface area (Å²) in [6.45, 7) is 0. The van der Waals surface area contributed by atoms with Gasteiger partial charge >= 0.3 is 23.5 Å². The standard InChI is InChI=1S/C10H15BrN5O12P3/c11-8(26-30(21,22)28-31(23,24)27-29(18,19)20)7-4(17)1-5(25-7)16-3-15-6-9(12)13-2-14-10(6)16/h2-5,7-8,17H,1H2,(H,21,22)(H,23,24)(H2,12,13,14)(H2,18,19,20)/t4-,5+,7-,8?/m0/s1. The SMILES string of the molecule is Nc1ncnc2c1ncn2[C@H]1C[C@H](O)[C@@H](C(Br)OP(=O)(O)OP(=O)(O)OP(=O)(O)O)O1. The zero-order valence-corrected chi connectivity index (χ0v) is 19.1. The Bertz CT molecular complexity index is 1110. The molecule has 3 rings (SSSR count). The molecule has 0 spiro atoms. The fraction of sp³-hybridized carbons (Fsp3) is 0.500. The average molecular weight is 570 g/mol. The maximum Gasteiger partial charge on any atom is 0.490 e. The lowest BCUT2D eigenvalue weighted by molar-refractivity contribution is -0.0507. The highest BCUT2D eigenvalue weighted by Crippen LogP contribution is 2.67. The van der Waals surface area contributed by atoms with Crippen molar-refractivity contribution in [1.82, 2.24) is 19.5 Å². The van der Waals surface area contributed by atoms with Crippen LogP contribution in [0.25, 0.3) is 11.2 Å². The first-order chi connectivity index (χ1) is 14.2. The van der Waals surface area contributed by atoms with Gasteiger partial charge in [-0.1, -0.05) is 15.9 Å². The van der Waals surface area contributed by atoms with Gasteiger partial charge in [0.1, 0.15) is 24.2 Å². The molecule has 1 aliphatic heterocycles. The summed E-state index contributed by atoms with van der Waals surface area (Å²) in [6.07, 6.45) is -0.932. The van der Waals surface area contributed by atoms with E-state index in [1.54, 1.807) is 0 Å². The highest BCUT2D eigenvalue weighted by molar-refractivity contribution is 9.09. The fourth-order valence-electron chi connectivity index (χ4n) is 2.65. The van der Waals surface area contributed by atoms with Crippen LogP contribution in [0.3, 0.4) is 0 Å². The van der Waals surface area contributed by atoms with Gasteiger partial charge in [-0.3, -0.25) is 9.09 Å². The van der Waals surface area contributed by atoms with Crippen LogP contribution in [0.1, 0.15) is 12.6 Å². The number of aliphatic hydroxyl groups is 1. The van der Waals surface area contributed by atoms with Crippen LogP contribution in [0.4, 0.5) is 5.82 Å². The summed E-state index contributed by atoms with van der Waals surface area (Å²) in [7, 11) is -16.7. The van der Waals surface area contributed by atoms with E-state index < -0.39 is 46.9 Å². The lowest BCUT2D eigenvalue weighted by atomic mass is 10.2. The van der Waals surface area contributed by atoms with Gasteiger partial charge in [0.15, 0.2) is 16.5 Å². The Labute approximate surface area is 180 Å². The van der Waals surface area contributed by atoms with Crippen LogP contribution in [0.5, 0.6) is 0 Å². The minimum atomic E-state index is -5.69. The third-order valence-electron chi connectivity index (χ3n) is 3.74. The third-order valence-corrected chi connectivity index (χ3v) is 8.56. The number of imidazole rings is 1. The zero-order valence-electron chi connectivity index (χ0n) is 14.9. The van der Waals surface area contributed by atoms with E-state index in [1.807, 2.05) is 0 Å². The number of anilines is 1. The van der Waals surface area contributed by atoms with Crippen LogP contribution in [0.15, 0.2) is 12.7 Å². The van der Waals surface area contributed by atoms with E-state index in [4.69, 9.17) is 20.3 Å². The van der Waals surface area contributed by atoms with Gasteiger partial charge in [-0.05, 0) is 0 Å². The van der Waals surface area contributed by atoms with Gasteiger partial charge in [0, 0.05) is 6.42 Å². The molecule has 17 nitrogen and oxygen atoms in total. The monoisotopic (exact) mass is 569 g/mol. The molecule has 2 aromatic heterocycles. The number of halogens is 1. The number of fused-ring (bicyclic) bond motifs is 1. The van der Waals surface area contributed by atoms with Crippen LogP contribution in [-0.2, 0) is 31.6 Å². The Morgan fingerprint density at radius 3 is 2.48 bits per heavy atom. The number of rotatable bonds is 8. The van der Waals surface area contributed by atoms with Crippen molar-refractivity contribution in [2.45, 2.75) is 29.9 Å². The number of alkyl halides is 1. The minimum Gasteiger partial charge on any atom is -0.390 e. The Balaban J connectivity index is 1.70. The summed E-state index contributed by atoms with van der Waals surface area (Å²) in [5, 5.41) is 8.69. The molecule has 1 aliphatic rings. The second-order valence-corrected chi connectivity index (χ2v) is 11.3. The molecule has 0 aliphatic carbocycles. The van der Waals surface area contributed by atoms with Crippen LogP contribution in [0.2, 0.25) is 0 Å². The first-order valence-corrected chi connectivity index (χ1v) is 13.3. The molecule has 0 bridgehead atoms. The zero-order chi connectivity index (χ0) is 23.2. The molecular weight excluding hydrogens is 555 g/mol. The average Bonchev–Trinajstić information content (AvgIpc) is 3.15. The van der Waals surface area contributed by atoms with Gasteiger partial charge in [-0.2, -0.15) is 8.62 Å².